The molecule has 1 rings (SSSR count). The highest BCUT2D eigenvalue weighted by Crippen LogP contribution is 2.11. The van der Waals surface area contributed by atoms with Gasteiger partial charge in [-0.1, -0.05) is 0 Å². The molecule has 0 amide bonds. The van der Waals surface area contributed by atoms with E-state index in [9.17, 15) is 0 Å². The van der Waals surface area contributed by atoms with E-state index in [4.69, 9.17) is 5.73 Å². The summed E-state index contributed by atoms with van der Waals surface area (Å²) >= 11 is 0. The summed E-state index contributed by atoms with van der Waals surface area (Å²) in [6.45, 7) is 3.93. The molecule has 0 unspecified atom stereocenters. The van der Waals surface area contributed by atoms with E-state index in [1.54, 1.807) is 4.68 Å². The van der Waals surface area contributed by atoms with Crippen molar-refractivity contribution in [1.29, 1.82) is 0 Å². The molecule has 1 heterocycles. The molecule has 0 bridgehead atoms. The van der Waals surface area contributed by atoms with E-state index in [2.05, 4.69) is 5.10 Å². The molecule has 10 heavy (non-hydrogen) atoms. The van der Waals surface area contributed by atoms with Crippen LogP contribution < -0.4 is 5.73 Å². The Morgan fingerprint density at radius 1 is 1.70 bits per heavy atom. The van der Waals surface area contributed by atoms with Crippen molar-refractivity contribution in [3.05, 3.63) is 17.5 Å². The number of hydrogen-bond acceptors (Lipinski definition) is 2. The normalized spacial score (nSPS) is 13.6. The van der Waals surface area contributed by atoms with Crippen molar-refractivity contribution >= 4 is 0 Å². The highest BCUT2D eigenvalue weighted by atomic mass is 15.2. The zero-order chi connectivity index (χ0) is 7.72. The number of nitrogens with two attached hydrogens (primary N) is 1. The first kappa shape index (κ1) is 7.28. The fraction of sp³-hybridized carbons (Fsp3) is 0.571. The Balaban J connectivity index is 3.03. The summed E-state index contributed by atoms with van der Waals surface area (Å²) in [6.07, 6.45) is 1.96. The first-order chi connectivity index (χ1) is 4.61. The van der Waals surface area contributed by atoms with Crippen LogP contribution >= 0.6 is 0 Å². The van der Waals surface area contributed by atoms with Gasteiger partial charge in [-0.25, -0.2) is 0 Å². The Bertz CT molecular complexity index is 225. The van der Waals surface area contributed by atoms with Gasteiger partial charge in [0.15, 0.2) is 0 Å². The fourth-order valence-corrected chi connectivity index (χ4v) is 1.06. The molecule has 0 aliphatic rings. The Morgan fingerprint density at radius 3 is 2.50 bits per heavy atom. The first-order valence-corrected chi connectivity index (χ1v) is 3.37. The molecule has 2 N–H and O–H groups in total. The quantitative estimate of drug-likeness (QED) is 0.624. The molecule has 0 radical (unpaired) electrons. The van der Waals surface area contributed by atoms with E-state index < -0.39 is 0 Å². The van der Waals surface area contributed by atoms with Gasteiger partial charge in [0.1, 0.15) is 0 Å². The van der Waals surface area contributed by atoms with Crippen molar-refractivity contribution in [3.63, 3.8) is 0 Å². The molecule has 0 saturated carbocycles. The Morgan fingerprint density at radius 2 is 2.30 bits per heavy atom. The summed E-state index contributed by atoms with van der Waals surface area (Å²) < 4.78 is 1.79. The predicted octanol–water partition coefficient (Wildman–Crippen LogP) is 0.748. The molecule has 3 nitrogen and oxygen atoms in total. The van der Waals surface area contributed by atoms with Gasteiger partial charge < -0.3 is 5.73 Å². The van der Waals surface area contributed by atoms with Crippen LogP contribution in [0.2, 0.25) is 0 Å². The van der Waals surface area contributed by atoms with Crippen LogP contribution in [0.3, 0.4) is 0 Å². The van der Waals surface area contributed by atoms with Crippen molar-refractivity contribution in [1.82, 2.24) is 9.78 Å². The van der Waals surface area contributed by atoms with Crippen molar-refractivity contribution in [2.75, 3.05) is 0 Å². The van der Waals surface area contributed by atoms with Crippen LogP contribution in [0.15, 0.2) is 6.20 Å². The minimum absolute atomic E-state index is 0.0914. The molecule has 0 saturated heterocycles. The van der Waals surface area contributed by atoms with Gasteiger partial charge in [0.2, 0.25) is 0 Å². The van der Waals surface area contributed by atoms with E-state index in [1.165, 1.54) is 0 Å². The molecule has 0 aromatic carbocycles. The van der Waals surface area contributed by atoms with Crippen molar-refractivity contribution in [2.45, 2.75) is 19.9 Å². The molecule has 1 aromatic heterocycles. The van der Waals surface area contributed by atoms with Crippen LogP contribution in [0.4, 0.5) is 0 Å². The van der Waals surface area contributed by atoms with Crippen molar-refractivity contribution in [3.8, 4) is 0 Å². The molecule has 56 valence electrons. The van der Waals surface area contributed by atoms with Crippen molar-refractivity contribution in [2.24, 2.45) is 12.8 Å². The standard InChI is InChI=1S/C7H13N3/c1-5(8)7-4-10(3)9-6(7)2/h4-5H,8H2,1-3H3/t5-/m0/s1. The number of nitrogens with zero attached hydrogens (tertiary/aromatic N) is 2. The average Bonchev–Trinajstić information content (AvgIpc) is 2.10. The first-order valence-electron chi connectivity index (χ1n) is 3.37. The van der Waals surface area contributed by atoms with Crippen LogP contribution in [0, 0.1) is 6.92 Å². The summed E-state index contributed by atoms with van der Waals surface area (Å²) in [6, 6.07) is 0.0914. The van der Waals surface area contributed by atoms with Crippen LogP contribution in [0.5, 0.6) is 0 Å². The summed E-state index contributed by atoms with van der Waals surface area (Å²) in [7, 11) is 1.90. The van der Waals surface area contributed by atoms with Crippen LogP contribution in [0.25, 0.3) is 0 Å². The lowest BCUT2D eigenvalue weighted by atomic mass is 10.1. The third-order valence-corrected chi connectivity index (χ3v) is 1.54. The second-order valence-corrected chi connectivity index (χ2v) is 2.63. The lowest BCUT2D eigenvalue weighted by Crippen LogP contribution is -2.04. The topological polar surface area (TPSA) is 43.8 Å². The number of aromatic nitrogens is 2. The highest BCUT2D eigenvalue weighted by Gasteiger charge is 2.05. The number of aryl methyl sites for hydroxylation is 2. The second kappa shape index (κ2) is 2.42. The summed E-state index contributed by atoms with van der Waals surface area (Å²) in [4.78, 5) is 0. The molecular weight excluding hydrogens is 126 g/mol. The number of rotatable bonds is 1. The van der Waals surface area contributed by atoms with E-state index in [0.717, 1.165) is 11.3 Å². The molecule has 3 heteroatoms. The molecule has 0 aliphatic heterocycles. The van der Waals surface area contributed by atoms with Gasteiger partial charge in [-0.15, -0.1) is 0 Å². The monoisotopic (exact) mass is 139 g/mol. The molecule has 0 spiro atoms. The van der Waals surface area contributed by atoms with Gasteiger partial charge >= 0.3 is 0 Å². The van der Waals surface area contributed by atoms with Gasteiger partial charge in [0, 0.05) is 24.8 Å². The summed E-state index contributed by atoms with van der Waals surface area (Å²) in [5.74, 6) is 0. The van der Waals surface area contributed by atoms with Gasteiger partial charge in [0.05, 0.1) is 5.69 Å². The van der Waals surface area contributed by atoms with E-state index in [-0.39, 0.29) is 6.04 Å². The average molecular weight is 139 g/mol. The Kier molecular flexibility index (Phi) is 1.76. The largest absolute Gasteiger partial charge is 0.324 e. The SMILES string of the molecule is Cc1nn(C)cc1[C@H](C)N. The van der Waals surface area contributed by atoms with E-state index in [0.29, 0.717) is 0 Å². The maximum atomic E-state index is 5.67. The lowest BCUT2D eigenvalue weighted by molar-refractivity contribution is 0.755. The van der Waals surface area contributed by atoms with Crippen molar-refractivity contribution < 1.29 is 0 Å². The minimum Gasteiger partial charge on any atom is -0.324 e. The summed E-state index contributed by atoms with van der Waals surface area (Å²) in [5, 5.41) is 4.17. The fourth-order valence-electron chi connectivity index (χ4n) is 1.06. The minimum atomic E-state index is 0.0914. The maximum Gasteiger partial charge on any atom is 0.0641 e. The van der Waals surface area contributed by atoms with Gasteiger partial charge in [-0.2, -0.15) is 5.10 Å². The van der Waals surface area contributed by atoms with Gasteiger partial charge in [-0.3, -0.25) is 4.68 Å². The molecule has 1 aromatic rings. The number of hydrogen-bond donors (Lipinski definition) is 1. The molecule has 1 atom stereocenters. The molecule has 0 aliphatic carbocycles. The van der Waals surface area contributed by atoms with E-state index >= 15 is 0 Å². The lowest BCUT2D eigenvalue weighted by Gasteiger charge is -1.99. The maximum absolute atomic E-state index is 5.67. The van der Waals surface area contributed by atoms with Gasteiger partial charge in [0.25, 0.3) is 0 Å². The molecular formula is C7H13N3. The Labute approximate surface area is 60.8 Å². The third-order valence-electron chi connectivity index (χ3n) is 1.54. The molecule has 0 fully saturated rings. The van der Waals surface area contributed by atoms with Crippen LogP contribution in [-0.2, 0) is 7.05 Å². The smallest absolute Gasteiger partial charge is 0.0641 e. The highest BCUT2D eigenvalue weighted by molar-refractivity contribution is 5.18. The zero-order valence-corrected chi connectivity index (χ0v) is 6.63. The second-order valence-electron chi connectivity index (χ2n) is 2.63. The predicted molar refractivity (Wildman–Crippen MR) is 40.5 cm³/mol. The van der Waals surface area contributed by atoms with Crippen LogP contribution in [-0.4, -0.2) is 9.78 Å². The Hall–Kier alpha value is -0.830. The zero-order valence-electron chi connectivity index (χ0n) is 6.63. The third kappa shape index (κ3) is 1.19. The summed E-state index contributed by atoms with van der Waals surface area (Å²) in [5.41, 5.74) is 7.83. The van der Waals surface area contributed by atoms with E-state index in [1.807, 2.05) is 27.1 Å². The van der Waals surface area contributed by atoms with Gasteiger partial charge in [-0.05, 0) is 13.8 Å². The van der Waals surface area contributed by atoms with Crippen LogP contribution in [0.1, 0.15) is 24.2 Å².